The normalized spacial score (nSPS) is 15.8. The summed E-state index contributed by atoms with van der Waals surface area (Å²) in [6, 6.07) is 7.50. The molecule has 1 aliphatic heterocycles. The quantitative estimate of drug-likeness (QED) is 0.531. The number of hydrogen-bond acceptors (Lipinski definition) is 7. The fourth-order valence-corrected chi connectivity index (χ4v) is 4.12. The largest absolute Gasteiger partial charge is 0.377 e. The number of hydrogen-bond donors (Lipinski definition) is 0. The molecule has 1 saturated heterocycles. The summed E-state index contributed by atoms with van der Waals surface area (Å²) in [5, 5.41) is 4.12. The second-order valence-corrected chi connectivity index (χ2v) is 8.58. The third-order valence-electron chi connectivity index (χ3n) is 6.11. The highest BCUT2D eigenvalue weighted by molar-refractivity contribution is 5.94. The van der Waals surface area contributed by atoms with Gasteiger partial charge < -0.3 is 19.1 Å². The van der Waals surface area contributed by atoms with Crippen LogP contribution in [0.25, 0.3) is 11.3 Å². The number of amides is 1. The second-order valence-electron chi connectivity index (χ2n) is 8.58. The van der Waals surface area contributed by atoms with Gasteiger partial charge in [0.15, 0.2) is 5.76 Å². The Morgan fingerprint density at radius 3 is 2.64 bits per heavy atom. The van der Waals surface area contributed by atoms with E-state index in [1.54, 1.807) is 6.20 Å². The molecule has 1 amide bonds. The van der Waals surface area contributed by atoms with Gasteiger partial charge in [0.25, 0.3) is 5.91 Å². The predicted octanol–water partition coefficient (Wildman–Crippen LogP) is 4.33. The van der Waals surface area contributed by atoms with Crippen LogP contribution in [0.5, 0.6) is 0 Å². The van der Waals surface area contributed by atoms with Gasteiger partial charge in [0.1, 0.15) is 0 Å². The fourth-order valence-electron chi connectivity index (χ4n) is 4.12. The van der Waals surface area contributed by atoms with Crippen molar-refractivity contribution < 1.29 is 14.1 Å². The molecule has 0 saturated carbocycles. The first kappa shape index (κ1) is 22.9. The monoisotopic (exact) mass is 449 g/mol. The van der Waals surface area contributed by atoms with Gasteiger partial charge in [0.05, 0.1) is 29.6 Å². The molecule has 0 bridgehead atoms. The third kappa shape index (κ3) is 4.61. The van der Waals surface area contributed by atoms with Crippen molar-refractivity contribution in [2.45, 2.75) is 46.3 Å². The van der Waals surface area contributed by atoms with Crippen LogP contribution in [0.1, 0.15) is 58.7 Å². The minimum atomic E-state index is -0.165. The third-order valence-corrected chi connectivity index (χ3v) is 6.11. The number of aryl methyl sites for hydroxylation is 1. The lowest BCUT2D eigenvalue weighted by atomic mass is 10.0. The summed E-state index contributed by atoms with van der Waals surface area (Å²) in [4.78, 5) is 26.7. The Labute approximate surface area is 194 Å². The summed E-state index contributed by atoms with van der Waals surface area (Å²) < 4.78 is 11.1. The van der Waals surface area contributed by atoms with E-state index in [1.165, 1.54) is 0 Å². The molecule has 8 nitrogen and oxygen atoms in total. The Morgan fingerprint density at radius 2 is 2.00 bits per heavy atom. The van der Waals surface area contributed by atoms with Gasteiger partial charge in [-0.1, -0.05) is 17.3 Å². The zero-order chi connectivity index (χ0) is 23.5. The molecule has 1 aliphatic rings. The maximum Gasteiger partial charge on any atom is 0.254 e. The second kappa shape index (κ2) is 9.70. The summed E-state index contributed by atoms with van der Waals surface area (Å²) >= 11 is 0. The first-order valence-electron chi connectivity index (χ1n) is 11.4. The van der Waals surface area contributed by atoms with E-state index < -0.39 is 0 Å². The lowest BCUT2D eigenvalue weighted by Gasteiger charge is -2.26. The fraction of sp³-hybridized carbons (Fsp3) is 0.440. The molecule has 8 heteroatoms. The molecular formula is C25H31N5O3. The molecule has 3 aromatic rings. The molecule has 0 radical (unpaired) electrons. The van der Waals surface area contributed by atoms with Gasteiger partial charge in [-0.2, -0.15) is 0 Å². The molecule has 0 unspecified atom stereocenters. The average Bonchev–Trinajstić information content (AvgIpc) is 3.44. The van der Waals surface area contributed by atoms with Crippen molar-refractivity contribution in [2.24, 2.45) is 0 Å². The van der Waals surface area contributed by atoms with Gasteiger partial charge in [-0.15, -0.1) is 0 Å². The molecule has 0 aliphatic carbocycles. The van der Waals surface area contributed by atoms with E-state index in [4.69, 9.17) is 14.2 Å². The topological polar surface area (TPSA) is 84.6 Å². The maximum absolute atomic E-state index is 13.5. The van der Waals surface area contributed by atoms with Crippen molar-refractivity contribution >= 4 is 11.9 Å². The first-order chi connectivity index (χ1) is 15.9. The molecule has 0 spiro atoms. The van der Waals surface area contributed by atoms with Crippen molar-refractivity contribution in [1.29, 1.82) is 0 Å². The number of likely N-dealkylation sites (tertiary alicyclic amines) is 1. The van der Waals surface area contributed by atoms with Crippen LogP contribution >= 0.6 is 0 Å². The molecule has 4 rings (SSSR count). The highest BCUT2D eigenvalue weighted by Gasteiger charge is 2.35. The molecule has 174 valence electrons. The molecule has 1 aromatic carbocycles. The molecule has 1 atom stereocenters. The van der Waals surface area contributed by atoms with Gasteiger partial charge >= 0.3 is 0 Å². The lowest BCUT2D eigenvalue weighted by Crippen LogP contribution is -2.31. The van der Waals surface area contributed by atoms with E-state index in [0.717, 1.165) is 40.9 Å². The van der Waals surface area contributed by atoms with Crippen LogP contribution in [0.15, 0.2) is 35.0 Å². The van der Waals surface area contributed by atoms with Crippen molar-refractivity contribution in [3.05, 3.63) is 58.5 Å². The number of aromatic nitrogens is 3. The highest BCUT2D eigenvalue weighted by atomic mass is 16.5. The summed E-state index contributed by atoms with van der Waals surface area (Å²) in [6.45, 7) is 7.75. The van der Waals surface area contributed by atoms with Crippen LogP contribution in [-0.2, 0) is 11.3 Å². The standard InChI is InChI=1S/C25H31N5O3/c1-6-32-15-18-9-11-19(12-10-18)24(31)30-13-7-8-21(30)22-20(14-26-25(27-22)29(4)5)23-16(2)17(3)28-33-23/h9-12,14,21H,6-8,13,15H2,1-5H3/t21-/m1/s1. The maximum atomic E-state index is 13.5. The molecule has 0 N–H and O–H groups in total. The summed E-state index contributed by atoms with van der Waals surface area (Å²) in [5.74, 6) is 1.26. The first-order valence-corrected chi connectivity index (χ1v) is 11.4. The SMILES string of the molecule is CCOCc1ccc(C(=O)N2CCC[C@@H]2c2nc(N(C)C)ncc2-c2onc(C)c2C)cc1. The zero-order valence-electron chi connectivity index (χ0n) is 20.0. The molecular weight excluding hydrogens is 418 g/mol. The Bertz CT molecular complexity index is 1120. The number of anilines is 1. The van der Waals surface area contributed by atoms with Gasteiger partial charge in [0, 0.05) is 44.6 Å². The molecule has 2 aromatic heterocycles. The number of carbonyl (C=O) groups excluding carboxylic acids is 1. The van der Waals surface area contributed by atoms with E-state index in [0.29, 0.717) is 37.0 Å². The number of benzene rings is 1. The van der Waals surface area contributed by atoms with E-state index in [9.17, 15) is 4.79 Å². The molecule has 3 heterocycles. The van der Waals surface area contributed by atoms with Gasteiger partial charge in [0.2, 0.25) is 5.95 Å². The van der Waals surface area contributed by atoms with Crippen LogP contribution in [0.4, 0.5) is 5.95 Å². The van der Waals surface area contributed by atoms with Gasteiger partial charge in [-0.3, -0.25) is 4.79 Å². The van der Waals surface area contributed by atoms with Crippen LogP contribution in [0, 0.1) is 13.8 Å². The average molecular weight is 450 g/mol. The Balaban J connectivity index is 1.69. The minimum Gasteiger partial charge on any atom is -0.377 e. The van der Waals surface area contributed by atoms with Crippen LogP contribution < -0.4 is 4.90 Å². The van der Waals surface area contributed by atoms with Crippen LogP contribution in [-0.4, -0.2) is 53.2 Å². The summed E-state index contributed by atoms with van der Waals surface area (Å²) in [7, 11) is 3.81. The number of carbonyl (C=O) groups is 1. The Kier molecular flexibility index (Phi) is 6.74. The number of rotatable bonds is 7. The van der Waals surface area contributed by atoms with E-state index >= 15 is 0 Å². The van der Waals surface area contributed by atoms with E-state index in [1.807, 2.05) is 68.9 Å². The summed E-state index contributed by atoms with van der Waals surface area (Å²) in [6.07, 6.45) is 3.53. The predicted molar refractivity (Wildman–Crippen MR) is 126 cm³/mol. The van der Waals surface area contributed by atoms with Crippen molar-refractivity contribution in [2.75, 3.05) is 32.1 Å². The highest BCUT2D eigenvalue weighted by Crippen LogP contribution is 2.39. The van der Waals surface area contributed by atoms with Crippen molar-refractivity contribution in [3.63, 3.8) is 0 Å². The smallest absolute Gasteiger partial charge is 0.254 e. The van der Waals surface area contributed by atoms with E-state index in [2.05, 4.69) is 10.1 Å². The molecule has 1 fully saturated rings. The lowest BCUT2D eigenvalue weighted by molar-refractivity contribution is 0.0733. The Hall–Kier alpha value is -3.26. The Morgan fingerprint density at radius 1 is 1.24 bits per heavy atom. The van der Waals surface area contributed by atoms with Crippen molar-refractivity contribution in [1.82, 2.24) is 20.0 Å². The van der Waals surface area contributed by atoms with Gasteiger partial charge in [-0.25, -0.2) is 9.97 Å². The molecule has 33 heavy (non-hydrogen) atoms. The van der Waals surface area contributed by atoms with E-state index in [-0.39, 0.29) is 11.9 Å². The summed E-state index contributed by atoms with van der Waals surface area (Å²) in [5.41, 5.74) is 5.09. The number of ether oxygens (including phenoxy) is 1. The van der Waals surface area contributed by atoms with Crippen molar-refractivity contribution in [3.8, 4) is 11.3 Å². The van der Waals surface area contributed by atoms with Gasteiger partial charge in [-0.05, 0) is 51.3 Å². The van der Waals surface area contributed by atoms with Crippen LogP contribution in [0.2, 0.25) is 0 Å². The minimum absolute atomic E-state index is 0.00176. The number of nitrogens with zero attached hydrogens (tertiary/aromatic N) is 5. The van der Waals surface area contributed by atoms with Crippen LogP contribution in [0.3, 0.4) is 0 Å². The zero-order valence-corrected chi connectivity index (χ0v) is 20.0.